The fourth-order valence-corrected chi connectivity index (χ4v) is 1.11. The molecule has 1 aromatic carbocycles. The minimum Gasteiger partial charge on any atom is -0.403 e. The topological polar surface area (TPSA) is 64.8 Å². The van der Waals surface area contributed by atoms with Gasteiger partial charge in [0.15, 0.2) is 0 Å². The second kappa shape index (κ2) is 2.37. The van der Waals surface area contributed by atoms with Crippen molar-refractivity contribution in [3.8, 4) is 0 Å². The van der Waals surface area contributed by atoms with Gasteiger partial charge in [-0.3, -0.25) is 0 Å². The maximum Gasteiger partial charge on any atom is 0.388 e. The third kappa shape index (κ3) is 0.955. The molecule has 12 heavy (non-hydrogen) atoms. The van der Waals surface area contributed by atoms with Crippen LogP contribution in [-0.4, -0.2) is 0 Å². The van der Waals surface area contributed by atoms with Crippen LogP contribution < -0.4 is 16.7 Å². The highest BCUT2D eigenvalue weighted by Crippen LogP contribution is 2.12. The van der Waals surface area contributed by atoms with Crippen molar-refractivity contribution in [1.82, 2.24) is 0 Å². The summed E-state index contributed by atoms with van der Waals surface area (Å²) in [4.78, 5) is 0. The molecule has 3 nitrogen and oxygen atoms in total. The second-order valence-corrected chi connectivity index (χ2v) is 2.60. The van der Waals surface area contributed by atoms with Gasteiger partial charge in [0.05, 0.1) is 0 Å². The normalized spacial score (nSPS) is 10.3. The number of hydrogen-bond donors (Lipinski definition) is 2. The Bertz CT molecular complexity index is 473. The van der Waals surface area contributed by atoms with E-state index in [0.717, 1.165) is 11.0 Å². The van der Waals surface area contributed by atoms with Crippen molar-refractivity contribution in [3.63, 3.8) is 0 Å². The third-order valence-corrected chi connectivity index (χ3v) is 1.73. The quantitative estimate of drug-likeness (QED) is 0.556. The Kier molecular flexibility index (Phi) is 1.37. The van der Waals surface area contributed by atoms with Crippen LogP contribution >= 0.6 is 0 Å². The number of rotatable bonds is 0. The van der Waals surface area contributed by atoms with Gasteiger partial charge in [-0.05, 0) is 12.1 Å². The molecule has 60 valence electrons. The molecular weight excluding hydrogens is 152 g/mol. The first-order valence-electron chi connectivity index (χ1n) is 3.64. The Morgan fingerprint density at radius 2 is 2.00 bits per heavy atom. The SMILES string of the molecule is Nc1cc2ccccc2oc1=[NH2+]. The fourth-order valence-electron chi connectivity index (χ4n) is 1.11. The molecule has 0 amide bonds. The summed E-state index contributed by atoms with van der Waals surface area (Å²) in [7, 11) is 0. The van der Waals surface area contributed by atoms with E-state index in [1.165, 1.54) is 0 Å². The molecule has 1 heterocycles. The van der Waals surface area contributed by atoms with Crippen LogP contribution in [0, 0.1) is 0 Å². The maximum absolute atomic E-state index is 5.57. The fraction of sp³-hybridized carbons (Fsp3) is 0. The Balaban J connectivity index is 2.93. The predicted molar refractivity (Wildman–Crippen MR) is 45.7 cm³/mol. The van der Waals surface area contributed by atoms with E-state index in [1.54, 1.807) is 6.07 Å². The highest BCUT2D eigenvalue weighted by Gasteiger charge is 2.00. The van der Waals surface area contributed by atoms with E-state index in [2.05, 4.69) is 0 Å². The summed E-state index contributed by atoms with van der Waals surface area (Å²) < 4.78 is 5.25. The van der Waals surface area contributed by atoms with Gasteiger partial charge >= 0.3 is 5.55 Å². The van der Waals surface area contributed by atoms with E-state index in [9.17, 15) is 0 Å². The highest BCUT2D eigenvalue weighted by atomic mass is 16.3. The van der Waals surface area contributed by atoms with E-state index in [4.69, 9.17) is 15.6 Å². The summed E-state index contributed by atoms with van der Waals surface area (Å²) in [5.41, 5.74) is 7.07. The van der Waals surface area contributed by atoms with E-state index in [1.807, 2.05) is 24.3 Å². The van der Waals surface area contributed by atoms with Crippen LogP contribution in [0.15, 0.2) is 34.7 Å². The van der Waals surface area contributed by atoms with Crippen molar-refractivity contribution in [3.05, 3.63) is 35.9 Å². The van der Waals surface area contributed by atoms with Crippen LogP contribution in [0.5, 0.6) is 0 Å². The van der Waals surface area contributed by atoms with E-state index < -0.39 is 0 Å². The molecule has 0 saturated carbocycles. The summed E-state index contributed by atoms with van der Waals surface area (Å²) in [6, 6.07) is 9.39. The lowest BCUT2D eigenvalue weighted by molar-refractivity contribution is -0.195. The third-order valence-electron chi connectivity index (χ3n) is 1.73. The molecule has 0 spiro atoms. The van der Waals surface area contributed by atoms with E-state index >= 15 is 0 Å². The van der Waals surface area contributed by atoms with Crippen molar-refractivity contribution in [2.45, 2.75) is 0 Å². The number of para-hydroxylation sites is 1. The zero-order valence-electron chi connectivity index (χ0n) is 6.45. The lowest BCUT2D eigenvalue weighted by Crippen LogP contribution is -2.45. The first kappa shape index (κ1) is 6.91. The molecule has 0 fully saturated rings. The van der Waals surface area contributed by atoms with Crippen LogP contribution in [0.1, 0.15) is 0 Å². The van der Waals surface area contributed by atoms with Crippen LogP contribution in [0.25, 0.3) is 11.0 Å². The first-order valence-corrected chi connectivity index (χ1v) is 3.64. The van der Waals surface area contributed by atoms with Crippen molar-refractivity contribution in [2.24, 2.45) is 0 Å². The molecule has 0 saturated heterocycles. The molecule has 0 aliphatic rings. The minimum atomic E-state index is 0.272. The van der Waals surface area contributed by atoms with Crippen LogP contribution in [-0.2, 0) is 0 Å². The van der Waals surface area contributed by atoms with Gasteiger partial charge in [0.1, 0.15) is 11.3 Å². The predicted octanol–water partition coefficient (Wildman–Crippen LogP) is -0.325. The first-order chi connectivity index (χ1) is 5.77. The summed E-state index contributed by atoms with van der Waals surface area (Å²) in [6.07, 6.45) is 0. The van der Waals surface area contributed by atoms with Crippen molar-refractivity contribution >= 4 is 16.7 Å². The Labute approximate surface area is 68.9 Å². The van der Waals surface area contributed by atoms with Crippen molar-refractivity contribution < 1.29 is 9.83 Å². The standard InChI is InChI=1S/C9H8N2O/c10-7-5-6-3-1-2-4-8(6)12-9(7)11/h1-5,11H,10H2/p+1. The average molecular weight is 161 g/mol. The molecule has 0 aliphatic heterocycles. The van der Waals surface area contributed by atoms with Gasteiger partial charge in [-0.25, -0.2) is 5.41 Å². The zero-order chi connectivity index (χ0) is 8.55. The van der Waals surface area contributed by atoms with Crippen LogP contribution in [0.2, 0.25) is 0 Å². The van der Waals surface area contributed by atoms with Gasteiger partial charge in [0, 0.05) is 5.39 Å². The van der Waals surface area contributed by atoms with Gasteiger partial charge in [0.2, 0.25) is 0 Å². The van der Waals surface area contributed by atoms with Gasteiger partial charge < -0.3 is 10.2 Å². The van der Waals surface area contributed by atoms with Gasteiger partial charge in [0.25, 0.3) is 0 Å². The molecular formula is C9H9N2O+. The number of nitrogen functional groups attached to an aromatic ring is 1. The minimum absolute atomic E-state index is 0.272. The van der Waals surface area contributed by atoms with Crippen molar-refractivity contribution in [2.75, 3.05) is 5.73 Å². The largest absolute Gasteiger partial charge is 0.403 e. The second-order valence-electron chi connectivity index (χ2n) is 2.60. The van der Waals surface area contributed by atoms with Crippen LogP contribution in [0.3, 0.4) is 0 Å². The molecule has 2 rings (SSSR count). The molecule has 1 aromatic heterocycles. The Morgan fingerprint density at radius 3 is 2.83 bits per heavy atom. The summed E-state index contributed by atoms with van der Waals surface area (Å²) in [6.45, 7) is 0. The molecule has 0 aliphatic carbocycles. The molecule has 0 bridgehead atoms. The molecule has 0 unspecified atom stereocenters. The number of benzene rings is 1. The summed E-state index contributed by atoms with van der Waals surface area (Å²) >= 11 is 0. The maximum atomic E-state index is 5.57. The smallest absolute Gasteiger partial charge is 0.388 e. The number of anilines is 1. The van der Waals surface area contributed by atoms with Gasteiger partial charge in [-0.15, -0.1) is 0 Å². The van der Waals surface area contributed by atoms with E-state index in [-0.39, 0.29) is 5.55 Å². The Hall–Kier alpha value is -1.77. The Morgan fingerprint density at radius 1 is 1.25 bits per heavy atom. The molecule has 4 N–H and O–H groups in total. The molecule has 0 radical (unpaired) electrons. The number of nitrogens with two attached hydrogens (primary N) is 2. The monoisotopic (exact) mass is 161 g/mol. The lowest BCUT2D eigenvalue weighted by Gasteiger charge is -1.94. The van der Waals surface area contributed by atoms with Crippen LogP contribution in [0.4, 0.5) is 5.69 Å². The highest BCUT2D eigenvalue weighted by molar-refractivity contribution is 5.78. The molecule has 2 aromatic rings. The van der Waals surface area contributed by atoms with E-state index in [0.29, 0.717) is 5.69 Å². The number of hydrogen-bond acceptors (Lipinski definition) is 2. The summed E-state index contributed by atoms with van der Waals surface area (Å²) in [5.74, 6) is 0. The average Bonchev–Trinajstić information content (AvgIpc) is 2.07. The zero-order valence-corrected chi connectivity index (χ0v) is 6.45. The number of fused-ring (bicyclic) bond motifs is 1. The summed E-state index contributed by atoms with van der Waals surface area (Å²) in [5, 5.41) is 6.46. The lowest BCUT2D eigenvalue weighted by atomic mass is 10.2. The molecule has 0 atom stereocenters. The van der Waals surface area contributed by atoms with Gasteiger partial charge in [-0.1, -0.05) is 18.2 Å². The molecule has 3 heteroatoms. The van der Waals surface area contributed by atoms with Gasteiger partial charge in [-0.2, -0.15) is 0 Å². The van der Waals surface area contributed by atoms with Crippen molar-refractivity contribution in [1.29, 1.82) is 0 Å².